The summed E-state index contributed by atoms with van der Waals surface area (Å²) in [6.45, 7) is 3.44. The molecule has 0 spiro atoms. The van der Waals surface area contributed by atoms with Gasteiger partial charge < -0.3 is 10.8 Å². The zero-order chi connectivity index (χ0) is 10.7. The molecule has 0 heterocycles. The number of ketones is 1. The van der Waals surface area contributed by atoms with Crippen molar-refractivity contribution in [3.05, 3.63) is 29.3 Å². The van der Waals surface area contributed by atoms with E-state index in [2.05, 4.69) is 0 Å². The molecule has 3 heteroatoms. The van der Waals surface area contributed by atoms with Gasteiger partial charge in [-0.1, -0.05) is 13.0 Å². The minimum absolute atomic E-state index is 0.0923. The first-order valence-corrected chi connectivity index (χ1v) is 4.64. The van der Waals surface area contributed by atoms with Crippen LogP contribution in [0, 0.1) is 0 Å². The van der Waals surface area contributed by atoms with E-state index in [1.54, 1.807) is 18.2 Å². The molecule has 3 nitrogen and oxygen atoms in total. The Kier molecular flexibility index (Phi) is 3.25. The number of carbonyl (C=O) groups excluding carboxylic acids is 1. The van der Waals surface area contributed by atoms with Crippen molar-refractivity contribution in [2.75, 3.05) is 0 Å². The topological polar surface area (TPSA) is 63.3 Å². The molecular weight excluding hydrogens is 178 g/mol. The predicted molar refractivity (Wildman–Crippen MR) is 55.1 cm³/mol. The van der Waals surface area contributed by atoms with E-state index in [0.29, 0.717) is 0 Å². The number of Topliss-reactive ketones (excluding diaryl/α,β-unsaturated/α-hetero) is 1. The van der Waals surface area contributed by atoms with Crippen molar-refractivity contribution >= 4 is 5.78 Å². The van der Waals surface area contributed by atoms with Crippen LogP contribution in [0.4, 0.5) is 0 Å². The van der Waals surface area contributed by atoms with Crippen molar-refractivity contribution in [2.45, 2.75) is 26.3 Å². The van der Waals surface area contributed by atoms with E-state index in [1.807, 2.05) is 6.92 Å². The Morgan fingerprint density at radius 3 is 2.71 bits per heavy atom. The largest absolute Gasteiger partial charge is 0.508 e. The SMILES string of the molecule is CCc1ccc(O)cc1C(N)C(C)=O. The second-order valence-corrected chi connectivity index (χ2v) is 3.32. The Morgan fingerprint density at radius 2 is 2.21 bits per heavy atom. The molecule has 0 bridgehead atoms. The molecule has 0 saturated carbocycles. The van der Waals surface area contributed by atoms with Crippen molar-refractivity contribution in [1.82, 2.24) is 0 Å². The van der Waals surface area contributed by atoms with Gasteiger partial charge in [-0.3, -0.25) is 4.79 Å². The second kappa shape index (κ2) is 4.24. The van der Waals surface area contributed by atoms with Crippen LogP contribution in [-0.4, -0.2) is 10.9 Å². The van der Waals surface area contributed by atoms with E-state index in [0.717, 1.165) is 17.5 Å². The molecule has 1 unspecified atom stereocenters. The normalized spacial score (nSPS) is 12.5. The van der Waals surface area contributed by atoms with Crippen molar-refractivity contribution < 1.29 is 9.90 Å². The minimum atomic E-state index is -0.628. The van der Waals surface area contributed by atoms with Gasteiger partial charge in [-0.25, -0.2) is 0 Å². The summed E-state index contributed by atoms with van der Waals surface area (Å²) in [4.78, 5) is 11.1. The maximum Gasteiger partial charge on any atom is 0.150 e. The summed E-state index contributed by atoms with van der Waals surface area (Å²) < 4.78 is 0. The van der Waals surface area contributed by atoms with Crippen LogP contribution in [0.2, 0.25) is 0 Å². The van der Waals surface area contributed by atoms with E-state index in [4.69, 9.17) is 5.73 Å². The second-order valence-electron chi connectivity index (χ2n) is 3.32. The number of rotatable bonds is 3. The number of benzene rings is 1. The fraction of sp³-hybridized carbons (Fsp3) is 0.364. The highest BCUT2D eigenvalue weighted by atomic mass is 16.3. The first-order chi connectivity index (χ1) is 6.56. The van der Waals surface area contributed by atoms with E-state index < -0.39 is 6.04 Å². The highest BCUT2D eigenvalue weighted by molar-refractivity contribution is 5.83. The first kappa shape index (κ1) is 10.7. The summed E-state index contributed by atoms with van der Waals surface area (Å²) in [6.07, 6.45) is 0.802. The van der Waals surface area contributed by atoms with Crippen LogP contribution in [0.1, 0.15) is 31.0 Å². The quantitative estimate of drug-likeness (QED) is 0.765. The highest BCUT2D eigenvalue weighted by Crippen LogP contribution is 2.22. The zero-order valence-electron chi connectivity index (χ0n) is 8.45. The molecule has 1 aromatic rings. The monoisotopic (exact) mass is 193 g/mol. The first-order valence-electron chi connectivity index (χ1n) is 4.64. The molecule has 1 aromatic carbocycles. The predicted octanol–water partition coefficient (Wildman–Crippen LogP) is 1.54. The van der Waals surface area contributed by atoms with E-state index in [-0.39, 0.29) is 11.5 Å². The number of phenolic OH excluding ortho intramolecular Hbond substituents is 1. The molecule has 0 saturated heterocycles. The Labute approximate surface area is 83.6 Å². The van der Waals surface area contributed by atoms with Crippen LogP contribution in [0.25, 0.3) is 0 Å². The van der Waals surface area contributed by atoms with Crippen LogP contribution >= 0.6 is 0 Å². The van der Waals surface area contributed by atoms with Gasteiger partial charge in [0.1, 0.15) is 5.75 Å². The van der Waals surface area contributed by atoms with Crippen LogP contribution in [0.3, 0.4) is 0 Å². The lowest BCUT2D eigenvalue weighted by molar-refractivity contribution is -0.118. The van der Waals surface area contributed by atoms with Gasteiger partial charge in [-0.2, -0.15) is 0 Å². The number of hydrogen-bond donors (Lipinski definition) is 2. The average Bonchev–Trinajstić information content (AvgIpc) is 2.16. The fourth-order valence-electron chi connectivity index (χ4n) is 1.41. The number of nitrogens with two attached hydrogens (primary N) is 1. The Hall–Kier alpha value is -1.35. The van der Waals surface area contributed by atoms with Gasteiger partial charge in [0.2, 0.25) is 0 Å². The molecule has 76 valence electrons. The lowest BCUT2D eigenvalue weighted by atomic mass is 9.96. The third kappa shape index (κ3) is 2.12. The Balaban J connectivity index is 3.16. The summed E-state index contributed by atoms with van der Waals surface area (Å²) in [5.74, 6) is 0.0548. The van der Waals surface area contributed by atoms with E-state index in [1.165, 1.54) is 6.92 Å². The molecule has 0 aromatic heterocycles. The van der Waals surface area contributed by atoms with Crippen LogP contribution in [0.5, 0.6) is 5.75 Å². The number of phenols is 1. The molecule has 1 rings (SSSR count). The lowest BCUT2D eigenvalue weighted by Gasteiger charge is -2.13. The summed E-state index contributed by atoms with van der Waals surface area (Å²) in [5.41, 5.74) is 7.45. The molecule has 0 amide bonds. The van der Waals surface area contributed by atoms with E-state index in [9.17, 15) is 9.90 Å². The Morgan fingerprint density at radius 1 is 1.57 bits per heavy atom. The molecule has 3 N–H and O–H groups in total. The average molecular weight is 193 g/mol. The lowest BCUT2D eigenvalue weighted by Crippen LogP contribution is -2.20. The summed E-state index contributed by atoms with van der Waals surface area (Å²) >= 11 is 0. The van der Waals surface area contributed by atoms with E-state index >= 15 is 0 Å². The fourth-order valence-corrected chi connectivity index (χ4v) is 1.41. The van der Waals surface area contributed by atoms with Gasteiger partial charge in [0.15, 0.2) is 5.78 Å². The third-order valence-corrected chi connectivity index (χ3v) is 2.28. The molecule has 1 atom stereocenters. The summed E-state index contributed by atoms with van der Waals surface area (Å²) in [7, 11) is 0. The number of aromatic hydroxyl groups is 1. The van der Waals surface area contributed by atoms with Crippen molar-refractivity contribution in [3.8, 4) is 5.75 Å². The van der Waals surface area contributed by atoms with Gasteiger partial charge in [0.25, 0.3) is 0 Å². The van der Waals surface area contributed by atoms with Crippen LogP contribution in [-0.2, 0) is 11.2 Å². The van der Waals surface area contributed by atoms with Gasteiger partial charge in [-0.05, 0) is 36.6 Å². The zero-order valence-corrected chi connectivity index (χ0v) is 8.45. The summed E-state index contributed by atoms with van der Waals surface area (Å²) in [5, 5.41) is 9.30. The highest BCUT2D eigenvalue weighted by Gasteiger charge is 2.14. The summed E-state index contributed by atoms with van der Waals surface area (Å²) in [6, 6.07) is 4.34. The maximum absolute atomic E-state index is 11.1. The smallest absolute Gasteiger partial charge is 0.150 e. The van der Waals surface area contributed by atoms with Crippen LogP contribution in [0.15, 0.2) is 18.2 Å². The minimum Gasteiger partial charge on any atom is -0.508 e. The molecule has 0 aliphatic heterocycles. The molecule has 0 radical (unpaired) electrons. The van der Waals surface area contributed by atoms with Gasteiger partial charge in [0, 0.05) is 0 Å². The standard InChI is InChI=1S/C11H15NO2/c1-3-8-4-5-9(14)6-10(8)11(12)7(2)13/h4-6,11,14H,3,12H2,1-2H3. The number of hydrogen-bond acceptors (Lipinski definition) is 3. The van der Waals surface area contributed by atoms with Crippen molar-refractivity contribution in [2.24, 2.45) is 5.73 Å². The van der Waals surface area contributed by atoms with Gasteiger partial charge in [-0.15, -0.1) is 0 Å². The maximum atomic E-state index is 11.1. The van der Waals surface area contributed by atoms with Crippen LogP contribution < -0.4 is 5.73 Å². The Bertz CT molecular complexity index is 347. The van der Waals surface area contributed by atoms with Crippen molar-refractivity contribution in [1.29, 1.82) is 0 Å². The molecule has 14 heavy (non-hydrogen) atoms. The number of aryl methyl sites for hydroxylation is 1. The molecule has 0 aliphatic rings. The molecular formula is C11H15NO2. The van der Waals surface area contributed by atoms with Gasteiger partial charge in [0.05, 0.1) is 6.04 Å². The van der Waals surface area contributed by atoms with Gasteiger partial charge >= 0.3 is 0 Å². The molecule has 0 fully saturated rings. The third-order valence-electron chi connectivity index (χ3n) is 2.28. The molecule has 0 aliphatic carbocycles. The number of carbonyl (C=O) groups is 1. The van der Waals surface area contributed by atoms with Crippen molar-refractivity contribution in [3.63, 3.8) is 0 Å².